The van der Waals surface area contributed by atoms with Crippen LogP contribution in [0.15, 0.2) is 25.3 Å². The number of carbonyl (C=O) groups excluding carboxylic acids is 2. The molecule has 0 amide bonds. The van der Waals surface area contributed by atoms with Gasteiger partial charge in [0, 0.05) is 12.2 Å². The van der Waals surface area contributed by atoms with Gasteiger partial charge in [0.2, 0.25) is 0 Å². The van der Waals surface area contributed by atoms with Gasteiger partial charge >= 0.3 is 20.2 Å². The number of hydrogen-bond acceptors (Lipinski definition) is 5. The zero-order valence-electron chi connectivity index (χ0n) is 6.06. The fraction of sp³-hybridized carbons (Fsp3) is 0. The molecule has 0 rings (SSSR count). The molecule has 0 N–H and O–H groups in total. The van der Waals surface area contributed by atoms with Crippen LogP contribution in [0.25, 0.3) is 0 Å². The molecule has 0 fully saturated rings. The molecule has 5 nitrogen and oxygen atoms in total. The molecular weight excluding hydrogens is 183 g/mol. The highest BCUT2D eigenvalue weighted by Gasteiger charge is 2.10. The van der Waals surface area contributed by atoms with Gasteiger partial charge in [-0.25, -0.2) is 9.59 Å². The van der Waals surface area contributed by atoms with Crippen molar-refractivity contribution in [1.82, 2.24) is 0 Å². The molecule has 0 heterocycles. The summed E-state index contributed by atoms with van der Waals surface area (Å²) in [6, 6.07) is 0. The van der Waals surface area contributed by atoms with Crippen LogP contribution in [0.3, 0.4) is 0 Å². The van der Waals surface area contributed by atoms with Crippen LogP contribution < -0.4 is 0 Å². The number of hydrogen-bond donors (Lipinski definition) is 0. The predicted molar refractivity (Wildman–Crippen MR) is 40.2 cm³/mol. The van der Waals surface area contributed by atoms with Gasteiger partial charge in [0.25, 0.3) is 0 Å². The van der Waals surface area contributed by atoms with Crippen LogP contribution in [0.4, 0.5) is 0 Å². The lowest BCUT2D eigenvalue weighted by Crippen LogP contribution is -1.97. The highest BCUT2D eigenvalue weighted by atomic mass is 31.1. The summed E-state index contributed by atoms with van der Waals surface area (Å²) in [5.41, 5.74) is 0. The Balaban J connectivity index is 3.89. The van der Waals surface area contributed by atoms with Crippen molar-refractivity contribution in [2.24, 2.45) is 0 Å². The Morgan fingerprint density at radius 3 is 1.67 bits per heavy atom. The van der Waals surface area contributed by atoms with E-state index in [2.05, 4.69) is 22.2 Å². The van der Waals surface area contributed by atoms with Crippen molar-refractivity contribution in [2.75, 3.05) is 0 Å². The normalized spacial score (nSPS) is 8.00. The standard InChI is InChI=1S/C6H6O5P/c1-3-5(7)10-12(9)11-6(8)4-2/h3-4H,1-2H2. The van der Waals surface area contributed by atoms with Gasteiger partial charge in [-0.15, -0.1) is 0 Å². The van der Waals surface area contributed by atoms with Gasteiger partial charge < -0.3 is 9.05 Å². The van der Waals surface area contributed by atoms with E-state index in [1.54, 1.807) is 0 Å². The summed E-state index contributed by atoms with van der Waals surface area (Å²) < 4.78 is 18.6. The third kappa shape index (κ3) is 4.35. The Kier molecular flexibility index (Phi) is 4.57. The lowest BCUT2D eigenvalue weighted by molar-refractivity contribution is -0.132. The van der Waals surface area contributed by atoms with Crippen LogP contribution in [0.2, 0.25) is 0 Å². The molecule has 0 unspecified atom stereocenters. The van der Waals surface area contributed by atoms with Crippen LogP contribution in [0.5, 0.6) is 0 Å². The van der Waals surface area contributed by atoms with Crippen molar-refractivity contribution in [1.29, 1.82) is 0 Å². The summed E-state index contributed by atoms with van der Waals surface area (Å²) in [5.74, 6) is -1.85. The van der Waals surface area contributed by atoms with E-state index in [4.69, 9.17) is 0 Å². The molecule has 0 saturated carbocycles. The van der Waals surface area contributed by atoms with E-state index in [9.17, 15) is 14.2 Å². The first-order chi connectivity index (χ1) is 5.60. The van der Waals surface area contributed by atoms with Crippen molar-refractivity contribution in [2.45, 2.75) is 0 Å². The largest absolute Gasteiger partial charge is 0.497 e. The van der Waals surface area contributed by atoms with Crippen molar-refractivity contribution in [3.8, 4) is 0 Å². The van der Waals surface area contributed by atoms with E-state index in [1.165, 1.54) is 0 Å². The van der Waals surface area contributed by atoms with Gasteiger partial charge in [0.15, 0.2) is 0 Å². The second kappa shape index (κ2) is 5.21. The van der Waals surface area contributed by atoms with Crippen LogP contribution >= 0.6 is 8.25 Å². The minimum atomic E-state index is -2.76. The summed E-state index contributed by atoms with van der Waals surface area (Å²) in [7, 11) is -2.76. The molecule has 0 atom stereocenters. The van der Waals surface area contributed by atoms with Gasteiger partial charge in [0.1, 0.15) is 0 Å². The molecule has 65 valence electrons. The molecule has 0 aliphatic rings. The minimum absolute atomic E-state index is 0.801. The Hall–Kier alpha value is -1.48. The monoisotopic (exact) mass is 189 g/mol. The average Bonchev–Trinajstić information content (AvgIpc) is 2.03. The summed E-state index contributed by atoms with van der Waals surface area (Å²) in [4.78, 5) is 20.7. The Bertz CT molecular complexity index is 220. The molecule has 0 aliphatic carbocycles. The Morgan fingerprint density at radius 2 is 1.42 bits per heavy atom. The molecule has 0 aromatic heterocycles. The molecule has 0 saturated heterocycles. The zero-order valence-corrected chi connectivity index (χ0v) is 6.95. The first kappa shape index (κ1) is 10.5. The quantitative estimate of drug-likeness (QED) is 0.489. The lowest BCUT2D eigenvalue weighted by atomic mass is 10.7. The molecule has 1 radical (unpaired) electrons. The third-order valence-electron chi connectivity index (χ3n) is 0.662. The van der Waals surface area contributed by atoms with Crippen molar-refractivity contribution in [3.63, 3.8) is 0 Å². The second-order valence-electron chi connectivity index (χ2n) is 1.45. The fourth-order valence-corrected chi connectivity index (χ4v) is 0.720. The van der Waals surface area contributed by atoms with E-state index in [-0.39, 0.29) is 0 Å². The SMILES string of the molecule is C=CC(=O)O[P](=O)OC(=O)C=C. The third-order valence-corrected chi connectivity index (χ3v) is 1.32. The zero-order chi connectivity index (χ0) is 9.56. The summed E-state index contributed by atoms with van der Waals surface area (Å²) in [6.45, 7) is 6.10. The van der Waals surface area contributed by atoms with E-state index in [1.807, 2.05) is 0 Å². The molecular formula is C6H6O5P. The van der Waals surface area contributed by atoms with Crippen LogP contribution in [-0.2, 0) is 23.2 Å². The molecule has 6 heteroatoms. The van der Waals surface area contributed by atoms with Crippen LogP contribution in [-0.4, -0.2) is 11.9 Å². The van der Waals surface area contributed by atoms with Crippen molar-refractivity contribution in [3.05, 3.63) is 25.3 Å². The van der Waals surface area contributed by atoms with Crippen LogP contribution in [0.1, 0.15) is 0 Å². The minimum Gasteiger partial charge on any atom is -0.350 e. The summed E-state index contributed by atoms with van der Waals surface area (Å²) >= 11 is 0. The van der Waals surface area contributed by atoms with Crippen molar-refractivity contribution >= 4 is 20.2 Å². The summed E-state index contributed by atoms with van der Waals surface area (Å²) in [5, 5.41) is 0. The van der Waals surface area contributed by atoms with E-state index >= 15 is 0 Å². The maximum Gasteiger partial charge on any atom is 0.497 e. The van der Waals surface area contributed by atoms with Gasteiger partial charge in [-0.1, -0.05) is 13.2 Å². The molecule has 0 aliphatic heterocycles. The Labute approximate surface area is 69.6 Å². The topological polar surface area (TPSA) is 69.7 Å². The molecule has 12 heavy (non-hydrogen) atoms. The Morgan fingerprint density at radius 1 is 1.08 bits per heavy atom. The van der Waals surface area contributed by atoms with Gasteiger partial charge in [-0.05, 0) is 0 Å². The van der Waals surface area contributed by atoms with Crippen molar-refractivity contribution < 1.29 is 23.2 Å². The number of rotatable bonds is 4. The second-order valence-corrected chi connectivity index (χ2v) is 2.26. The van der Waals surface area contributed by atoms with E-state index < -0.39 is 20.2 Å². The van der Waals surface area contributed by atoms with Crippen LogP contribution in [0, 0.1) is 0 Å². The van der Waals surface area contributed by atoms with E-state index in [0.717, 1.165) is 12.2 Å². The maximum absolute atomic E-state index is 10.5. The highest BCUT2D eigenvalue weighted by Crippen LogP contribution is 2.23. The van der Waals surface area contributed by atoms with E-state index in [0.29, 0.717) is 0 Å². The lowest BCUT2D eigenvalue weighted by Gasteiger charge is -1.96. The van der Waals surface area contributed by atoms with Gasteiger partial charge in [-0.3, -0.25) is 0 Å². The van der Waals surface area contributed by atoms with Gasteiger partial charge in [-0.2, -0.15) is 4.57 Å². The number of carbonyl (C=O) groups is 2. The van der Waals surface area contributed by atoms with Gasteiger partial charge in [0.05, 0.1) is 0 Å². The molecule has 0 spiro atoms. The first-order valence-electron chi connectivity index (χ1n) is 2.76. The fourth-order valence-electron chi connectivity index (χ4n) is 0.240. The highest BCUT2D eigenvalue weighted by molar-refractivity contribution is 7.34. The average molecular weight is 189 g/mol. The maximum atomic E-state index is 10.5. The molecule has 0 aromatic rings. The molecule has 0 bridgehead atoms. The smallest absolute Gasteiger partial charge is 0.350 e. The predicted octanol–water partition coefficient (Wildman–Crippen LogP) is 1.10. The summed E-state index contributed by atoms with van der Waals surface area (Å²) in [6.07, 6.45) is 1.60. The molecule has 0 aromatic carbocycles. The first-order valence-corrected chi connectivity index (χ1v) is 3.85.